The molecule has 4 aromatic rings. The molecule has 0 aliphatic rings. The molecular weight excluding hydrogens is 394 g/mol. The molecule has 30 heavy (non-hydrogen) atoms. The Bertz CT molecular complexity index is 1170. The summed E-state index contributed by atoms with van der Waals surface area (Å²) in [4.78, 5) is 18.2. The lowest BCUT2D eigenvalue weighted by atomic mass is 10.1. The molecule has 150 valence electrons. The summed E-state index contributed by atoms with van der Waals surface area (Å²) >= 11 is 1.44. The molecule has 0 saturated carbocycles. The van der Waals surface area contributed by atoms with Gasteiger partial charge < -0.3 is 11.1 Å². The lowest BCUT2D eigenvalue weighted by Crippen LogP contribution is -2.13. The number of nitrogen functional groups attached to an aromatic ring is 1. The van der Waals surface area contributed by atoms with E-state index in [2.05, 4.69) is 15.4 Å². The number of benzene rings is 2. The molecule has 0 aliphatic carbocycles. The highest BCUT2D eigenvalue weighted by Gasteiger charge is 2.21. The van der Waals surface area contributed by atoms with E-state index in [4.69, 9.17) is 5.73 Å². The van der Waals surface area contributed by atoms with Gasteiger partial charge in [-0.25, -0.2) is 4.98 Å². The molecule has 2 aromatic heterocycles. The molecule has 0 fully saturated rings. The summed E-state index contributed by atoms with van der Waals surface area (Å²) in [5.74, 6) is 0.661. The number of anilines is 2. The number of hydrogen-bond donors (Lipinski definition) is 2. The van der Waals surface area contributed by atoms with Gasteiger partial charge in [0.1, 0.15) is 10.7 Å². The van der Waals surface area contributed by atoms with Crippen molar-refractivity contribution in [3.63, 3.8) is 0 Å². The third-order valence-corrected chi connectivity index (χ3v) is 5.53. The van der Waals surface area contributed by atoms with Crippen LogP contribution in [0.5, 0.6) is 0 Å². The fourth-order valence-corrected chi connectivity index (χ4v) is 3.74. The molecule has 0 aliphatic heterocycles. The molecule has 0 unspecified atom stereocenters. The fourth-order valence-electron chi connectivity index (χ4n) is 2.86. The number of nitrogens with two attached hydrogens (primary N) is 1. The standard InChI is InChI=1S/C23H21N5OS/c1-15-6-10-17(11-7-15)22(29)26-20-21(24)28(19-5-3-4-14-25-19)27-23(20)30-18-12-8-16(2)9-13-18/h3-14H,24H2,1-2H3,(H,26,29). The number of hydrogen-bond acceptors (Lipinski definition) is 5. The van der Waals surface area contributed by atoms with Crippen molar-refractivity contribution in [3.8, 4) is 5.82 Å². The van der Waals surface area contributed by atoms with E-state index in [0.29, 0.717) is 27.9 Å². The third kappa shape index (κ3) is 4.21. The zero-order valence-electron chi connectivity index (χ0n) is 16.7. The van der Waals surface area contributed by atoms with Crippen LogP contribution in [0.1, 0.15) is 21.5 Å². The Morgan fingerprint density at radius 1 is 0.967 bits per heavy atom. The maximum Gasteiger partial charge on any atom is 0.255 e. The minimum Gasteiger partial charge on any atom is -0.382 e. The molecule has 2 heterocycles. The normalized spacial score (nSPS) is 10.7. The van der Waals surface area contributed by atoms with Crippen LogP contribution in [0.25, 0.3) is 5.82 Å². The van der Waals surface area contributed by atoms with Gasteiger partial charge in [-0.15, -0.1) is 0 Å². The van der Waals surface area contributed by atoms with Crippen molar-refractivity contribution in [2.24, 2.45) is 0 Å². The summed E-state index contributed by atoms with van der Waals surface area (Å²) in [5, 5.41) is 8.18. The molecule has 4 rings (SSSR count). The number of amides is 1. The Hall–Kier alpha value is -3.58. The Kier molecular flexibility index (Phi) is 5.54. The SMILES string of the molecule is Cc1ccc(Sc2nn(-c3ccccn3)c(N)c2NC(=O)c2ccc(C)cc2)cc1. The molecule has 6 nitrogen and oxygen atoms in total. The lowest BCUT2D eigenvalue weighted by molar-refractivity contribution is 0.102. The first-order chi connectivity index (χ1) is 14.5. The van der Waals surface area contributed by atoms with Crippen LogP contribution in [0.3, 0.4) is 0 Å². The van der Waals surface area contributed by atoms with Crippen molar-refractivity contribution in [2.45, 2.75) is 23.8 Å². The minimum absolute atomic E-state index is 0.243. The van der Waals surface area contributed by atoms with E-state index < -0.39 is 0 Å². The number of carbonyl (C=O) groups excluding carboxylic acids is 1. The lowest BCUT2D eigenvalue weighted by Gasteiger charge is -2.07. The number of pyridine rings is 1. The average molecular weight is 416 g/mol. The molecule has 0 bridgehead atoms. The Balaban J connectivity index is 1.72. The van der Waals surface area contributed by atoms with E-state index in [1.807, 2.05) is 68.4 Å². The number of nitrogens with one attached hydrogen (secondary N) is 1. The minimum atomic E-state index is -0.243. The highest BCUT2D eigenvalue weighted by molar-refractivity contribution is 7.99. The Morgan fingerprint density at radius 2 is 1.63 bits per heavy atom. The van der Waals surface area contributed by atoms with Gasteiger partial charge in [-0.1, -0.05) is 53.2 Å². The molecule has 0 saturated heterocycles. The van der Waals surface area contributed by atoms with Crippen molar-refractivity contribution < 1.29 is 4.79 Å². The van der Waals surface area contributed by atoms with Crippen molar-refractivity contribution >= 4 is 29.2 Å². The van der Waals surface area contributed by atoms with E-state index in [1.165, 1.54) is 17.3 Å². The summed E-state index contributed by atoms with van der Waals surface area (Å²) in [7, 11) is 0. The fraction of sp³-hybridized carbons (Fsp3) is 0.0870. The Morgan fingerprint density at radius 3 is 2.27 bits per heavy atom. The molecule has 0 spiro atoms. The first-order valence-corrected chi connectivity index (χ1v) is 10.3. The highest BCUT2D eigenvalue weighted by atomic mass is 32.2. The van der Waals surface area contributed by atoms with Crippen molar-refractivity contribution in [2.75, 3.05) is 11.1 Å². The van der Waals surface area contributed by atoms with Crippen LogP contribution in [0.2, 0.25) is 0 Å². The van der Waals surface area contributed by atoms with Crippen molar-refractivity contribution in [1.82, 2.24) is 14.8 Å². The molecule has 0 radical (unpaired) electrons. The smallest absolute Gasteiger partial charge is 0.255 e. The van der Waals surface area contributed by atoms with Gasteiger partial charge in [0.25, 0.3) is 5.91 Å². The second-order valence-corrected chi connectivity index (χ2v) is 7.96. The van der Waals surface area contributed by atoms with Crippen LogP contribution < -0.4 is 11.1 Å². The largest absolute Gasteiger partial charge is 0.382 e. The second-order valence-electron chi connectivity index (χ2n) is 6.90. The maximum absolute atomic E-state index is 12.8. The van der Waals surface area contributed by atoms with E-state index in [1.54, 1.807) is 23.0 Å². The summed E-state index contributed by atoms with van der Waals surface area (Å²) in [5.41, 5.74) is 9.68. The van der Waals surface area contributed by atoms with E-state index in [-0.39, 0.29) is 5.91 Å². The highest BCUT2D eigenvalue weighted by Crippen LogP contribution is 2.37. The second kappa shape index (κ2) is 8.42. The third-order valence-electron chi connectivity index (χ3n) is 4.54. The van der Waals surface area contributed by atoms with Crippen molar-refractivity contribution in [1.29, 1.82) is 0 Å². The zero-order valence-corrected chi connectivity index (χ0v) is 17.5. The van der Waals surface area contributed by atoms with E-state index in [0.717, 1.165) is 10.5 Å². The summed E-state index contributed by atoms with van der Waals surface area (Å²) < 4.78 is 1.54. The van der Waals surface area contributed by atoms with Crippen LogP contribution in [-0.2, 0) is 0 Å². The molecular formula is C23H21N5OS. The molecule has 0 atom stereocenters. The van der Waals surface area contributed by atoms with Gasteiger partial charge in [-0.05, 0) is 50.2 Å². The number of carbonyl (C=O) groups is 1. The van der Waals surface area contributed by atoms with Gasteiger partial charge >= 0.3 is 0 Å². The molecule has 2 aromatic carbocycles. The monoisotopic (exact) mass is 415 g/mol. The van der Waals surface area contributed by atoms with Gasteiger partial charge in [0.2, 0.25) is 0 Å². The number of nitrogens with zero attached hydrogens (tertiary/aromatic N) is 3. The first kappa shape index (κ1) is 19.7. The van der Waals surface area contributed by atoms with E-state index in [9.17, 15) is 4.79 Å². The van der Waals surface area contributed by atoms with Gasteiger partial charge in [0.05, 0.1) is 0 Å². The summed E-state index contributed by atoms with van der Waals surface area (Å²) in [6, 6.07) is 21.0. The Labute approximate surface area is 179 Å². The van der Waals surface area contributed by atoms with Gasteiger partial charge in [0, 0.05) is 16.7 Å². The summed E-state index contributed by atoms with van der Waals surface area (Å²) in [6.07, 6.45) is 1.67. The summed E-state index contributed by atoms with van der Waals surface area (Å²) in [6.45, 7) is 4.02. The number of aromatic nitrogens is 3. The quantitative estimate of drug-likeness (QED) is 0.486. The zero-order chi connectivity index (χ0) is 21.1. The average Bonchev–Trinajstić information content (AvgIpc) is 3.06. The topological polar surface area (TPSA) is 85.8 Å². The number of rotatable bonds is 5. The maximum atomic E-state index is 12.8. The number of aryl methyl sites for hydroxylation is 2. The van der Waals surface area contributed by atoms with Crippen LogP contribution >= 0.6 is 11.8 Å². The van der Waals surface area contributed by atoms with Gasteiger partial charge in [0.15, 0.2) is 11.6 Å². The predicted molar refractivity (Wildman–Crippen MR) is 120 cm³/mol. The predicted octanol–water partition coefficient (Wildman–Crippen LogP) is 4.87. The first-order valence-electron chi connectivity index (χ1n) is 9.44. The van der Waals surface area contributed by atoms with Gasteiger partial charge in [-0.3, -0.25) is 4.79 Å². The van der Waals surface area contributed by atoms with Crippen LogP contribution in [-0.4, -0.2) is 20.7 Å². The molecule has 3 N–H and O–H groups in total. The van der Waals surface area contributed by atoms with Crippen molar-refractivity contribution in [3.05, 3.63) is 89.6 Å². The molecule has 7 heteroatoms. The van der Waals surface area contributed by atoms with Crippen LogP contribution in [0.15, 0.2) is 82.8 Å². The van der Waals surface area contributed by atoms with Crippen LogP contribution in [0.4, 0.5) is 11.5 Å². The van der Waals surface area contributed by atoms with Gasteiger partial charge in [-0.2, -0.15) is 9.78 Å². The van der Waals surface area contributed by atoms with E-state index >= 15 is 0 Å². The molecule has 1 amide bonds. The van der Waals surface area contributed by atoms with Crippen LogP contribution in [0, 0.1) is 13.8 Å².